The number of hydrogen-bond donors (Lipinski definition) is 2. The van der Waals surface area contributed by atoms with E-state index in [4.69, 9.17) is 23.2 Å². The molecule has 3 rings (SSSR count). The van der Waals surface area contributed by atoms with E-state index in [9.17, 15) is 13.2 Å². The van der Waals surface area contributed by atoms with Crippen LogP contribution in [0.25, 0.3) is 0 Å². The third kappa shape index (κ3) is 4.09. The predicted molar refractivity (Wildman–Crippen MR) is 89.2 cm³/mol. The standard InChI is InChI=1S/C15H8Cl2F3N5/c16-7-3-8(17)5-9(4-7)22-15-24-12(6-21-25-15)23-11-2-1-10(18)13(19)14(11)20/h1-6H,(H2,22,23,24,25). The lowest BCUT2D eigenvalue weighted by molar-refractivity contribution is 0.449. The topological polar surface area (TPSA) is 62.7 Å². The summed E-state index contributed by atoms with van der Waals surface area (Å²) >= 11 is 11.8. The van der Waals surface area contributed by atoms with Crippen LogP contribution in [-0.2, 0) is 0 Å². The van der Waals surface area contributed by atoms with E-state index in [2.05, 4.69) is 25.8 Å². The summed E-state index contributed by atoms with van der Waals surface area (Å²) in [6.45, 7) is 0. The molecule has 25 heavy (non-hydrogen) atoms. The van der Waals surface area contributed by atoms with Gasteiger partial charge < -0.3 is 10.6 Å². The molecule has 0 unspecified atom stereocenters. The zero-order valence-electron chi connectivity index (χ0n) is 12.2. The van der Waals surface area contributed by atoms with Crippen molar-refractivity contribution in [1.82, 2.24) is 15.2 Å². The van der Waals surface area contributed by atoms with Crippen molar-refractivity contribution in [2.24, 2.45) is 0 Å². The molecule has 1 aromatic heterocycles. The van der Waals surface area contributed by atoms with E-state index < -0.39 is 17.5 Å². The van der Waals surface area contributed by atoms with Gasteiger partial charge in [-0.15, -0.1) is 5.10 Å². The molecular formula is C15H8Cl2F3N5. The lowest BCUT2D eigenvalue weighted by atomic mass is 10.3. The van der Waals surface area contributed by atoms with Crippen LogP contribution < -0.4 is 10.6 Å². The molecular weight excluding hydrogens is 378 g/mol. The average molecular weight is 386 g/mol. The summed E-state index contributed by atoms with van der Waals surface area (Å²) in [4.78, 5) is 4.05. The lowest BCUT2D eigenvalue weighted by Crippen LogP contribution is -2.04. The molecule has 0 aliphatic carbocycles. The molecule has 2 N–H and O–H groups in total. The predicted octanol–water partition coefficient (Wildman–Crippen LogP) is 5.08. The Balaban J connectivity index is 1.83. The van der Waals surface area contributed by atoms with Gasteiger partial charge in [-0.2, -0.15) is 10.1 Å². The van der Waals surface area contributed by atoms with Crippen molar-refractivity contribution in [3.05, 3.63) is 64.0 Å². The van der Waals surface area contributed by atoms with Crippen LogP contribution in [0.1, 0.15) is 0 Å². The first kappa shape index (κ1) is 17.2. The highest BCUT2D eigenvalue weighted by Crippen LogP contribution is 2.25. The molecule has 0 amide bonds. The molecule has 128 valence electrons. The maximum absolute atomic E-state index is 13.7. The average Bonchev–Trinajstić information content (AvgIpc) is 2.55. The first-order valence-corrected chi connectivity index (χ1v) is 7.51. The number of nitrogens with one attached hydrogen (secondary N) is 2. The van der Waals surface area contributed by atoms with Gasteiger partial charge in [0, 0.05) is 15.7 Å². The Labute approximate surface area is 149 Å². The van der Waals surface area contributed by atoms with Crippen molar-refractivity contribution in [2.75, 3.05) is 10.6 Å². The zero-order valence-corrected chi connectivity index (χ0v) is 13.7. The van der Waals surface area contributed by atoms with E-state index in [-0.39, 0.29) is 17.5 Å². The van der Waals surface area contributed by atoms with Crippen molar-refractivity contribution in [3.8, 4) is 0 Å². The number of halogens is 5. The van der Waals surface area contributed by atoms with Crippen molar-refractivity contribution >= 4 is 46.3 Å². The Morgan fingerprint density at radius 1 is 0.880 bits per heavy atom. The first-order valence-electron chi connectivity index (χ1n) is 6.76. The fourth-order valence-electron chi connectivity index (χ4n) is 1.93. The number of benzene rings is 2. The second-order valence-corrected chi connectivity index (χ2v) is 5.67. The number of hydrogen-bond acceptors (Lipinski definition) is 5. The van der Waals surface area contributed by atoms with Crippen LogP contribution in [0.3, 0.4) is 0 Å². The van der Waals surface area contributed by atoms with Crippen molar-refractivity contribution < 1.29 is 13.2 Å². The molecule has 0 aliphatic heterocycles. The van der Waals surface area contributed by atoms with E-state index in [1.807, 2.05) is 0 Å². The summed E-state index contributed by atoms with van der Waals surface area (Å²) in [6.07, 6.45) is 1.19. The van der Waals surface area contributed by atoms with Gasteiger partial charge >= 0.3 is 0 Å². The second kappa shape index (κ2) is 7.12. The van der Waals surface area contributed by atoms with Crippen molar-refractivity contribution in [3.63, 3.8) is 0 Å². The van der Waals surface area contributed by atoms with E-state index in [1.165, 1.54) is 6.20 Å². The van der Waals surface area contributed by atoms with Crippen LogP contribution in [0.4, 0.5) is 36.3 Å². The van der Waals surface area contributed by atoms with Crippen molar-refractivity contribution in [1.29, 1.82) is 0 Å². The van der Waals surface area contributed by atoms with Gasteiger partial charge in [0.05, 0.1) is 11.9 Å². The van der Waals surface area contributed by atoms with Gasteiger partial charge in [0.25, 0.3) is 0 Å². The molecule has 0 bridgehead atoms. The fraction of sp³-hybridized carbons (Fsp3) is 0. The van der Waals surface area contributed by atoms with Crippen LogP contribution in [-0.4, -0.2) is 15.2 Å². The van der Waals surface area contributed by atoms with Crippen LogP contribution in [0.5, 0.6) is 0 Å². The summed E-state index contributed by atoms with van der Waals surface area (Å²) in [5.41, 5.74) is 0.214. The second-order valence-electron chi connectivity index (χ2n) is 4.80. The molecule has 5 nitrogen and oxygen atoms in total. The third-order valence-electron chi connectivity index (χ3n) is 2.98. The summed E-state index contributed by atoms with van der Waals surface area (Å²) in [5.74, 6) is -4.11. The maximum Gasteiger partial charge on any atom is 0.249 e. The van der Waals surface area contributed by atoms with Crippen LogP contribution >= 0.6 is 23.2 Å². The van der Waals surface area contributed by atoms with E-state index in [0.29, 0.717) is 15.7 Å². The van der Waals surface area contributed by atoms with Gasteiger partial charge in [-0.05, 0) is 30.3 Å². The molecule has 2 aromatic carbocycles. The Kier molecular flexibility index (Phi) is 4.91. The molecule has 0 spiro atoms. The van der Waals surface area contributed by atoms with Crippen LogP contribution in [0.2, 0.25) is 10.0 Å². The molecule has 0 saturated carbocycles. The normalized spacial score (nSPS) is 10.6. The molecule has 0 saturated heterocycles. The Morgan fingerprint density at radius 3 is 2.32 bits per heavy atom. The fourth-order valence-corrected chi connectivity index (χ4v) is 2.46. The zero-order chi connectivity index (χ0) is 18.0. The Hall–Kier alpha value is -2.58. The number of aromatic nitrogens is 3. The van der Waals surface area contributed by atoms with Gasteiger partial charge in [-0.1, -0.05) is 23.2 Å². The highest BCUT2D eigenvalue weighted by Gasteiger charge is 2.14. The number of anilines is 4. The molecule has 1 heterocycles. The van der Waals surface area contributed by atoms with Crippen LogP contribution in [0.15, 0.2) is 36.5 Å². The third-order valence-corrected chi connectivity index (χ3v) is 3.41. The largest absolute Gasteiger partial charge is 0.336 e. The maximum atomic E-state index is 13.7. The molecule has 0 radical (unpaired) electrons. The van der Waals surface area contributed by atoms with E-state index in [1.54, 1.807) is 18.2 Å². The number of nitrogens with zero attached hydrogens (tertiary/aromatic N) is 3. The summed E-state index contributed by atoms with van der Waals surface area (Å²) < 4.78 is 39.9. The molecule has 3 aromatic rings. The minimum atomic E-state index is -1.58. The summed E-state index contributed by atoms with van der Waals surface area (Å²) in [7, 11) is 0. The Morgan fingerprint density at radius 2 is 1.60 bits per heavy atom. The quantitative estimate of drug-likeness (QED) is 0.612. The number of rotatable bonds is 4. The first-order chi connectivity index (χ1) is 11.9. The van der Waals surface area contributed by atoms with Crippen LogP contribution in [0, 0.1) is 17.5 Å². The minimum absolute atomic E-state index is 0.0614. The van der Waals surface area contributed by atoms with Gasteiger partial charge in [-0.25, -0.2) is 13.2 Å². The molecule has 0 atom stereocenters. The van der Waals surface area contributed by atoms with E-state index in [0.717, 1.165) is 12.1 Å². The summed E-state index contributed by atoms with van der Waals surface area (Å²) in [6, 6.07) is 6.57. The van der Waals surface area contributed by atoms with Gasteiger partial charge in [0.1, 0.15) is 0 Å². The van der Waals surface area contributed by atoms with Gasteiger partial charge in [-0.3, -0.25) is 0 Å². The van der Waals surface area contributed by atoms with Gasteiger partial charge in [0.2, 0.25) is 5.95 Å². The van der Waals surface area contributed by atoms with E-state index >= 15 is 0 Å². The monoisotopic (exact) mass is 385 g/mol. The summed E-state index contributed by atoms with van der Waals surface area (Å²) in [5, 5.41) is 13.6. The Bertz CT molecular complexity index is 919. The molecule has 10 heteroatoms. The molecule has 0 aliphatic rings. The van der Waals surface area contributed by atoms with Crippen molar-refractivity contribution in [2.45, 2.75) is 0 Å². The SMILES string of the molecule is Fc1ccc(Nc2cnnc(Nc3cc(Cl)cc(Cl)c3)n2)c(F)c1F. The highest BCUT2D eigenvalue weighted by molar-refractivity contribution is 6.35. The highest BCUT2D eigenvalue weighted by atomic mass is 35.5. The van der Waals surface area contributed by atoms with Gasteiger partial charge in [0.15, 0.2) is 23.3 Å². The smallest absolute Gasteiger partial charge is 0.249 e. The molecule has 0 fully saturated rings. The lowest BCUT2D eigenvalue weighted by Gasteiger charge is -2.09. The minimum Gasteiger partial charge on any atom is -0.336 e.